The number of methoxy groups -OCH3 is 1. The lowest BCUT2D eigenvalue weighted by atomic mass is 10.2. The van der Waals surface area contributed by atoms with Crippen LogP contribution in [0.4, 0.5) is 11.6 Å². The van der Waals surface area contributed by atoms with Crippen LogP contribution in [0.25, 0.3) is 0 Å². The second-order valence-corrected chi connectivity index (χ2v) is 4.80. The molecule has 0 saturated carbocycles. The van der Waals surface area contributed by atoms with Gasteiger partial charge >= 0.3 is 0 Å². The fourth-order valence-corrected chi connectivity index (χ4v) is 1.61. The quantitative estimate of drug-likeness (QED) is 0.813. The van der Waals surface area contributed by atoms with Crippen LogP contribution < -0.4 is 11.1 Å². The minimum absolute atomic E-state index is 0.239. The average Bonchev–Trinajstić information content (AvgIpc) is 2.33. The third kappa shape index (κ3) is 3.57. The first-order valence-electron chi connectivity index (χ1n) is 6.39. The molecule has 0 radical (unpaired) electrons. The second kappa shape index (κ2) is 6.54. The minimum Gasteiger partial charge on any atom is -0.383 e. The highest BCUT2D eigenvalue weighted by molar-refractivity contribution is 5.55. The molecule has 5 heteroatoms. The molecule has 1 atom stereocenters. The van der Waals surface area contributed by atoms with Crippen LogP contribution in [-0.4, -0.2) is 29.7 Å². The molecule has 18 heavy (non-hydrogen) atoms. The van der Waals surface area contributed by atoms with Crippen molar-refractivity contribution in [2.45, 2.75) is 46.1 Å². The molecule has 1 heterocycles. The summed E-state index contributed by atoms with van der Waals surface area (Å²) in [5.41, 5.74) is 6.83. The Kier molecular flexibility index (Phi) is 5.34. The van der Waals surface area contributed by atoms with Gasteiger partial charge in [0, 0.05) is 18.6 Å². The first kappa shape index (κ1) is 14.7. The van der Waals surface area contributed by atoms with E-state index in [4.69, 9.17) is 10.5 Å². The predicted octanol–water partition coefficient (Wildman–Crippen LogP) is 2.33. The first-order valence-corrected chi connectivity index (χ1v) is 6.39. The van der Waals surface area contributed by atoms with Crippen molar-refractivity contribution in [2.75, 3.05) is 24.8 Å². The lowest BCUT2D eigenvalue weighted by Gasteiger charge is -2.19. The third-order valence-corrected chi connectivity index (χ3v) is 2.92. The molecule has 102 valence electrons. The Morgan fingerprint density at radius 1 is 1.33 bits per heavy atom. The summed E-state index contributed by atoms with van der Waals surface area (Å²) in [6.07, 6.45) is 0.966. The van der Waals surface area contributed by atoms with E-state index < -0.39 is 0 Å². The lowest BCUT2D eigenvalue weighted by Crippen LogP contribution is -2.25. The highest BCUT2D eigenvalue weighted by Gasteiger charge is 2.14. The number of nitrogen functional groups attached to an aromatic ring is 1. The highest BCUT2D eigenvalue weighted by Crippen LogP contribution is 2.21. The number of ether oxygens (including phenoxy) is 1. The SMILES string of the molecule is CCC(COC)Nc1nc(C(C)C)nc(N)c1C. The molecule has 0 aliphatic carbocycles. The molecule has 0 aromatic carbocycles. The van der Waals surface area contributed by atoms with Gasteiger partial charge in [0.2, 0.25) is 0 Å². The topological polar surface area (TPSA) is 73.1 Å². The molecular weight excluding hydrogens is 228 g/mol. The third-order valence-electron chi connectivity index (χ3n) is 2.92. The number of aromatic nitrogens is 2. The number of nitrogens with one attached hydrogen (secondary N) is 1. The molecule has 5 nitrogen and oxygen atoms in total. The first-order chi connectivity index (χ1) is 8.49. The molecule has 0 spiro atoms. The zero-order valence-corrected chi connectivity index (χ0v) is 11.9. The number of rotatable bonds is 6. The zero-order valence-electron chi connectivity index (χ0n) is 11.9. The normalized spacial score (nSPS) is 12.8. The van der Waals surface area contributed by atoms with Gasteiger partial charge in [-0.05, 0) is 13.3 Å². The van der Waals surface area contributed by atoms with E-state index in [1.54, 1.807) is 7.11 Å². The Morgan fingerprint density at radius 2 is 2.00 bits per heavy atom. The Balaban J connectivity index is 2.99. The van der Waals surface area contributed by atoms with Crippen LogP contribution in [0.3, 0.4) is 0 Å². The maximum atomic E-state index is 5.93. The molecule has 0 bridgehead atoms. The van der Waals surface area contributed by atoms with Crippen LogP contribution in [0, 0.1) is 6.92 Å². The maximum absolute atomic E-state index is 5.93. The summed E-state index contributed by atoms with van der Waals surface area (Å²) in [4.78, 5) is 8.85. The van der Waals surface area contributed by atoms with Crippen molar-refractivity contribution in [2.24, 2.45) is 0 Å². The molecule has 0 fully saturated rings. The Labute approximate surface area is 109 Å². The fourth-order valence-electron chi connectivity index (χ4n) is 1.61. The summed E-state index contributed by atoms with van der Waals surface area (Å²) in [5.74, 6) is 2.39. The summed E-state index contributed by atoms with van der Waals surface area (Å²) in [7, 11) is 1.70. The van der Waals surface area contributed by atoms with Gasteiger partial charge in [-0.3, -0.25) is 0 Å². The molecule has 1 rings (SSSR count). The summed E-state index contributed by atoms with van der Waals surface area (Å²) in [6, 6.07) is 0.239. The zero-order chi connectivity index (χ0) is 13.7. The number of nitrogens with zero attached hydrogens (tertiary/aromatic N) is 2. The van der Waals surface area contributed by atoms with Crippen LogP contribution in [-0.2, 0) is 4.74 Å². The van der Waals surface area contributed by atoms with Gasteiger partial charge in [-0.25, -0.2) is 9.97 Å². The standard InChI is InChI=1S/C13H24N4O/c1-6-10(7-18-5)15-13-9(4)11(14)16-12(17-13)8(2)3/h8,10H,6-7H2,1-5H3,(H3,14,15,16,17). The van der Waals surface area contributed by atoms with E-state index >= 15 is 0 Å². The van der Waals surface area contributed by atoms with Crippen molar-refractivity contribution in [3.63, 3.8) is 0 Å². The summed E-state index contributed by atoms with van der Waals surface area (Å²) in [5, 5.41) is 3.38. The molecule has 1 aromatic heterocycles. The van der Waals surface area contributed by atoms with Gasteiger partial charge in [-0.15, -0.1) is 0 Å². The van der Waals surface area contributed by atoms with Gasteiger partial charge in [0.25, 0.3) is 0 Å². The molecule has 1 unspecified atom stereocenters. The van der Waals surface area contributed by atoms with E-state index in [-0.39, 0.29) is 12.0 Å². The van der Waals surface area contributed by atoms with Crippen molar-refractivity contribution in [3.05, 3.63) is 11.4 Å². The van der Waals surface area contributed by atoms with Gasteiger partial charge in [0.05, 0.1) is 12.6 Å². The van der Waals surface area contributed by atoms with E-state index in [0.717, 1.165) is 23.6 Å². The molecule has 3 N–H and O–H groups in total. The van der Waals surface area contributed by atoms with Crippen LogP contribution in [0.15, 0.2) is 0 Å². The summed E-state index contributed by atoms with van der Waals surface area (Å²) in [6.45, 7) is 8.80. The van der Waals surface area contributed by atoms with E-state index in [1.165, 1.54) is 0 Å². The summed E-state index contributed by atoms with van der Waals surface area (Å²) >= 11 is 0. The monoisotopic (exact) mass is 252 g/mol. The molecular formula is C13H24N4O. The second-order valence-electron chi connectivity index (χ2n) is 4.80. The Bertz CT molecular complexity index is 393. The van der Waals surface area contributed by atoms with Gasteiger partial charge in [0.1, 0.15) is 17.5 Å². The molecule has 0 aliphatic rings. The van der Waals surface area contributed by atoms with Gasteiger partial charge in [0.15, 0.2) is 0 Å². The predicted molar refractivity (Wildman–Crippen MR) is 74.8 cm³/mol. The van der Waals surface area contributed by atoms with Crippen LogP contribution >= 0.6 is 0 Å². The van der Waals surface area contributed by atoms with Crippen molar-refractivity contribution in [3.8, 4) is 0 Å². The largest absolute Gasteiger partial charge is 0.383 e. The van der Waals surface area contributed by atoms with Crippen LogP contribution in [0.1, 0.15) is 44.5 Å². The van der Waals surface area contributed by atoms with Gasteiger partial charge < -0.3 is 15.8 Å². The van der Waals surface area contributed by atoms with E-state index in [1.807, 2.05) is 6.92 Å². The van der Waals surface area contributed by atoms with Crippen LogP contribution in [0.5, 0.6) is 0 Å². The highest BCUT2D eigenvalue weighted by atomic mass is 16.5. The lowest BCUT2D eigenvalue weighted by molar-refractivity contribution is 0.184. The average molecular weight is 252 g/mol. The number of nitrogens with two attached hydrogens (primary N) is 1. The number of hydrogen-bond acceptors (Lipinski definition) is 5. The number of anilines is 2. The number of hydrogen-bond donors (Lipinski definition) is 2. The molecule has 0 saturated heterocycles. The summed E-state index contributed by atoms with van der Waals surface area (Å²) < 4.78 is 5.18. The van der Waals surface area contributed by atoms with Gasteiger partial charge in [-0.1, -0.05) is 20.8 Å². The fraction of sp³-hybridized carbons (Fsp3) is 0.692. The van der Waals surface area contributed by atoms with Crippen molar-refractivity contribution >= 4 is 11.6 Å². The Hall–Kier alpha value is -1.36. The van der Waals surface area contributed by atoms with E-state index in [0.29, 0.717) is 12.4 Å². The minimum atomic E-state index is 0.239. The molecule has 0 aliphatic heterocycles. The Morgan fingerprint density at radius 3 is 2.50 bits per heavy atom. The molecule has 0 amide bonds. The van der Waals surface area contributed by atoms with Crippen molar-refractivity contribution < 1.29 is 4.74 Å². The van der Waals surface area contributed by atoms with Crippen molar-refractivity contribution in [1.29, 1.82) is 0 Å². The van der Waals surface area contributed by atoms with Crippen LogP contribution in [0.2, 0.25) is 0 Å². The molecule has 1 aromatic rings. The van der Waals surface area contributed by atoms with Crippen molar-refractivity contribution in [1.82, 2.24) is 9.97 Å². The van der Waals surface area contributed by atoms with Gasteiger partial charge in [-0.2, -0.15) is 0 Å². The maximum Gasteiger partial charge on any atom is 0.135 e. The van der Waals surface area contributed by atoms with E-state index in [2.05, 4.69) is 36.1 Å². The smallest absolute Gasteiger partial charge is 0.135 e. The van der Waals surface area contributed by atoms with E-state index in [9.17, 15) is 0 Å².